The molecule has 0 aromatic heterocycles. The highest BCUT2D eigenvalue weighted by atomic mass is 32.2. The summed E-state index contributed by atoms with van der Waals surface area (Å²) in [5.41, 5.74) is 1.88. The highest BCUT2D eigenvalue weighted by molar-refractivity contribution is 7.91. The lowest BCUT2D eigenvalue weighted by Crippen LogP contribution is -2.35. The van der Waals surface area contributed by atoms with Crippen molar-refractivity contribution in [3.05, 3.63) is 29.8 Å². The van der Waals surface area contributed by atoms with Crippen LogP contribution in [0.4, 0.5) is 5.69 Å². The topological polar surface area (TPSA) is 46.2 Å². The molecule has 1 aromatic rings. The monoisotopic (exact) mass is 239 g/mol. The van der Waals surface area contributed by atoms with Crippen LogP contribution in [0.25, 0.3) is 0 Å². The smallest absolute Gasteiger partial charge is 0.152 e. The van der Waals surface area contributed by atoms with Crippen molar-refractivity contribution in [1.29, 1.82) is 0 Å². The average molecular weight is 239 g/mol. The molecule has 0 bridgehead atoms. The van der Waals surface area contributed by atoms with Crippen molar-refractivity contribution in [3.63, 3.8) is 0 Å². The van der Waals surface area contributed by atoms with Crippen LogP contribution in [0.1, 0.15) is 18.9 Å². The van der Waals surface area contributed by atoms with Crippen molar-refractivity contribution in [2.24, 2.45) is 0 Å². The maximum atomic E-state index is 11.5. The summed E-state index contributed by atoms with van der Waals surface area (Å²) < 4.78 is 22.9. The van der Waals surface area contributed by atoms with E-state index in [0.29, 0.717) is 12.2 Å². The van der Waals surface area contributed by atoms with Gasteiger partial charge in [0.1, 0.15) is 0 Å². The molecule has 88 valence electrons. The lowest BCUT2D eigenvalue weighted by molar-refractivity contribution is 0.574. The van der Waals surface area contributed by atoms with Crippen LogP contribution in [0.5, 0.6) is 0 Å². The van der Waals surface area contributed by atoms with Gasteiger partial charge in [0.15, 0.2) is 9.84 Å². The molecule has 0 amide bonds. The zero-order valence-corrected chi connectivity index (χ0v) is 10.5. The van der Waals surface area contributed by atoms with Crippen LogP contribution in [0.3, 0.4) is 0 Å². The summed E-state index contributed by atoms with van der Waals surface area (Å²) in [5, 5.41) is 3.32. The second kappa shape index (κ2) is 3.77. The third kappa shape index (κ3) is 2.55. The van der Waals surface area contributed by atoms with Crippen molar-refractivity contribution >= 4 is 15.5 Å². The molecule has 0 unspecified atom stereocenters. The first-order chi connectivity index (χ1) is 7.39. The van der Waals surface area contributed by atoms with Gasteiger partial charge < -0.3 is 5.32 Å². The van der Waals surface area contributed by atoms with E-state index in [4.69, 9.17) is 0 Å². The molecule has 4 heteroatoms. The maximum absolute atomic E-state index is 11.5. The Morgan fingerprint density at radius 1 is 1.25 bits per heavy atom. The summed E-state index contributed by atoms with van der Waals surface area (Å²) in [6.07, 6.45) is 0.684. The predicted octanol–water partition coefficient (Wildman–Crippen LogP) is 1.98. The number of hydrogen-bond acceptors (Lipinski definition) is 3. The van der Waals surface area contributed by atoms with Gasteiger partial charge in [-0.05, 0) is 32.4 Å². The number of benzene rings is 1. The van der Waals surface area contributed by atoms with Gasteiger partial charge in [-0.2, -0.15) is 0 Å². The van der Waals surface area contributed by atoms with Crippen LogP contribution in [0.15, 0.2) is 24.3 Å². The molecule has 1 atom stereocenters. The van der Waals surface area contributed by atoms with Crippen LogP contribution in [0, 0.1) is 6.92 Å². The molecule has 1 heterocycles. The third-order valence-corrected chi connectivity index (χ3v) is 4.90. The van der Waals surface area contributed by atoms with Crippen LogP contribution in [-0.4, -0.2) is 25.5 Å². The Hall–Kier alpha value is -1.03. The van der Waals surface area contributed by atoms with Crippen molar-refractivity contribution < 1.29 is 8.42 Å². The largest absolute Gasteiger partial charge is 0.379 e. The molecule has 1 saturated heterocycles. The summed E-state index contributed by atoms with van der Waals surface area (Å²) in [6, 6.07) is 8.03. The SMILES string of the molecule is Cc1ccc(N[C@]2(C)CCS(=O)(=O)C2)cc1. The number of rotatable bonds is 2. The Labute approximate surface area is 96.8 Å². The van der Waals surface area contributed by atoms with E-state index in [1.807, 2.05) is 38.1 Å². The van der Waals surface area contributed by atoms with Crippen LogP contribution < -0.4 is 5.32 Å². The molecular weight excluding hydrogens is 222 g/mol. The van der Waals surface area contributed by atoms with Crippen LogP contribution >= 0.6 is 0 Å². The molecule has 16 heavy (non-hydrogen) atoms. The second-order valence-corrected chi connectivity index (χ2v) is 7.08. The quantitative estimate of drug-likeness (QED) is 0.858. The molecule has 1 fully saturated rings. The Morgan fingerprint density at radius 3 is 2.38 bits per heavy atom. The number of aryl methyl sites for hydroxylation is 1. The summed E-state index contributed by atoms with van der Waals surface area (Å²) in [7, 11) is -2.84. The molecular formula is C12H17NO2S. The summed E-state index contributed by atoms with van der Waals surface area (Å²) in [4.78, 5) is 0. The molecule has 2 rings (SSSR count). The minimum Gasteiger partial charge on any atom is -0.379 e. The van der Waals surface area contributed by atoms with Gasteiger partial charge in [-0.3, -0.25) is 0 Å². The number of hydrogen-bond donors (Lipinski definition) is 1. The molecule has 0 spiro atoms. The lowest BCUT2D eigenvalue weighted by Gasteiger charge is -2.25. The van der Waals surface area contributed by atoms with Gasteiger partial charge >= 0.3 is 0 Å². The van der Waals surface area contributed by atoms with Gasteiger partial charge in [-0.15, -0.1) is 0 Å². The predicted molar refractivity (Wildman–Crippen MR) is 66.5 cm³/mol. The van der Waals surface area contributed by atoms with E-state index < -0.39 is 9.84 Å². The highest BCUT2D eigenvalue weighted by Gasteiger charge is 2.38. The molecule has 3 nitrogen and oxygen atoms in total. The standard InChI is InChI=1S/C12H17NO2S/c1-10-3-5-11(6-4-10)13-12(2)7-8-16(14,15)9-12/h3-6,13H,7-9H2,1-2H3/t12-/m1/s1. The van der Waals surface area contributed by atoms with E-state index in [-0.39, 0.29) is 11.3 Å². The molecule has 0 saturated carbocycles. The highest BCUT2D eigenvalue weighted by Crippen LogP contribution is 2.27. The van der Waals surface area contributed by atoms with Gasteiger partial charge in [0.25, 0.3) is 0 Å². The van der Waals surface area contributed by atoms with Crippen molar-refractivity contribution in [2.75, 3.05) is 16.8 Å². The first kappa shape index (κ1) is 11.5. The third-order valence-electron chi connectivity index (χ3n) is 3.00. The summed E-state index contributed by atoms with van der Waals surface area (Å²) in [5.74, 6) is 0.524. The summed E-state index contributed by atoms with van der Waals surface area (Å²) >= 11 is 0. The molecule has 0 radical (unpaired) electrons. The van der Waals surface area contributed by atoms with Gasteiger partial charge in [-0.25, -0.2) is 8.42 Å². The Morgan fingerprint density at radius 2 is 1.88 bits per heavy atom. The van der Waals surface area contributed by atoms with Gasteiger partial charge in [0.2, 0.25) is 0 Å². The van der Waals surface area contributed by atoms with E-state index in [1.165, 1.54) is 5.56 Å². The maximum Gasteiger partial charge on any atom is 0.152 e. The lowest BCUT2D eigenvalue weighted by atomic mass is 10.0. The fourth-order valence-corrected chi connectivity index (χ4v) is 4.19. The molecule has 0 aliphatic carbocycles. The van der Waals surface area contributed by atoms with E-state index in [0.717, 1.165) is 5.69 Å². The van der Waals surface area contributed by atoms with Crippen molar-refractivity contribution in [3.8, 4) is 0 Å². The van der Waals surface area contributed by atoms with E-state index in [2.05, 4.69) is 5.32 Å². The molecule has 1 N–H and O–H groups in total. The van der Waals surface area contributed by atoms with E-state index in [9.17, 15) is 8.42 Å². The molecule has 1 aromatic carbocycles. The second-order valence-electron chi connectivity index (χ2n) is 4.89. The number of sulfone groups is 1. The summed E-state index contributed by atoms with van der Waals surface area (Å²) in [6.45, 7) is 4.00. The van der Waals surface area contributed by atoms with E-state index >= 15 is 0 Å². The van der Waals surface area contributed by atoms with Crippen molar-refractivity contribution in [1.82, 2.24) is 0 Å². The minimum atomic E-state index is -2.84. The average Bonchev–Trinajstić information content (AvgIpc) is 2.45. The van der Waals surface area contributed by atoms with Gasteiger partial charge in [0.05, 0.1) is 11.5 Å². The number of anilines is 1. The first-order valence-corrected chi connectivity index (χ1v) is 7.26. The Bertz CT molecular complexity index is 478. The van der Waals surface area contributed by atoms with Crippen molar-refractivity contribution in [2.45, 2.75) is 25.8 Å². The Kier molecular flexibility index (Phi) is 2.70. The molecule has 1 aliphatic heterocycles. The van der Waals surface area contributed by atoms with E-state index in [1.54, 1.807) is 0 Å². The van der Waals surface area contributed by atoms with Gasteiger partial charge in [0, 0.05) is 11.2 Å². The zero-order chi connectivity index (χ0) is 11.8. The molecule has 1 aliphatic rings. The van der Waals surface area contributed by atoms with Crippen LogP contribution in [0.2, 0.25) is 0 Å². The minimum absolute atomic E-state index is 0.230. The van der Waals surface area contributed by atoms with Gasteiger partial charge in [-0.1, -0.05) is 17.7 Å². The fourth-order valence-electron chi connectivity index (χ4n) is 2.09. The number of nitrogens with one attached hydrogen (secondary N) is 1. The zero-order valence-electron chi connectivity index (χ0n) is 9.66. The fraction of sp³-hybridized carbons (Fsp3) is 0.500. The first-order valence-electron chi connectivity index (χ1n) is 5.44. The Balaban J connectivity index is 2.13. The van der Waals surface area contributed by atoms with Crippen LogP contribution in [-0.2, 0) is 9.84 Å². The normalized spacial score (nSPS) is 27.9.